The third kappa shape index (κ3) is 2.01. The van der Waals surface area contributed by atoms with Crippen LogP contribution in [-0.4, -0.2) is 13.1 Å². The fourth-order valence-corrected chi connectivity index (χ4v) is 1.41. The van der Waals surface area contributed by atoms with E-state index in [4.69, 9.17) is 5.26 Å². The molecule has 0 saturated carbocycles. The molecule has 0 unspecified atom stereocenters. The third-order valence-electron chi connectivity index (χ3n) is 2.20. The number of esters is 1. The van der Waals surface area contributed by atoms with Gasteiger partial charge in [0, 0.05) is 5.56 Å². The molecule has 84 valence electrons. The van der Waals surface area contributed by atoms with Crippen molar-refractivity contribution >= 4 is 5.97 Å². The first-order valence-corrected chi connectivity index (χ1v) is 4.43. The van der Waals surface area contributed by atoms with Crippen LogP contribution >= 0.6 is 0 Å². The van der Waals surface area contributed by atoms with Crippen LogP contribution in [0.5, 0.6) is 0 Å². The predicted octanol–water partition coefficient (Wildman–Crippen LogP) is 2.59. The topological polar surface area (TPSA) is 50.1 Å². The van der Waals surface area contributed by atoms with Crippen LogP contribution in [-0.2, 0) is 4.74 Å². The number of hydrogen-bond acceptors (Lipinski definition) is 3. The van der Waals surface area contributed by atoms with Crippen LogP contribution in [0.15, 0.2) is 12.1 Å². The summed E-state index contributed by atoms with van der Waals surface area (Å²) in [5.41, 5.74) is -0.586. The molecule has 1 rings (SSSR count). The van der Waals surface area contributed by atoms with Gasteiger partial charge in [0.2, 0.25) is 0 Å². The van der Waals surface area contributed by atoms with E-state index in [0.717, 1.165) is 7.11 Å². The van der Waals surface area contributed by atoms with Crippen molar-refractivity contribution < 1.29 is 18.3 Å². The lowest BCUT2D eigenvalue weighted by Gasteiger charge is -2.10. The highest BCUT2D eigenvalue weighted by atomic mass is 19.3. The number of hydrogen-bond donors (Lipinski definition) is 0. The Morgan fingerprint density at radius 3 is 2.56 bits per heavy atom. The van der Waals surface area contributed by atoms with Gasteiger partial charge in [-0.2, -0.15) is 5.26 Å². The molecule has 0 N–H and O–H groups in total. The first kappa shape index (κ1) is 12.1. The van der Waals surface area contributed by atoms with E-state index in [1.165, 1.54) is 19.1 Å². The molecule has 0 spiro atoms. The Morgan fingerprint density at radius 1 is 1.50 bits per heavy atom. The Balaban J connectivity index is 3.51. The molecule has 0 saturated heterocycles. The highest BCUT2D eigenvalue weighted by Gasteiger charge is 2.22. The zero-order chi connectivity index (χ0) is 12.3. The van der Waals surface area contributed by atoms with E-state index in [0.29, 0.717) is 0 Å². The normalized spacial score (nSPS) is 10.0. The van der Waals surface area contributed by atoms with E-state index < -0.39 is 18.0 Å². The molecule has 0 bridgehead atoms. The van der Waals surface area contributed by atoms with Crippen molar-refractivity contribution in [3.8, 4) is 6.07 Å². The lowest BCUT2D eigenvalue weighted by Crippen LogP contribution is -2.08. The SMILES string of the molecule is COC(=O)c1ccc(C)c(C(F)F)c1C#N. The lowest BCUT2D eigenvalue weighted by atomic mass is 9.97. The molecule has 0 radical (unpaired) electrons. The Morgan fingerprint density at radius 2 is 2.12 bits per heavy atom. The average Bonchev–Trinajstić information content (AvgIpc) is 2.26. The van der Waals surface area contributed by atoms with Crippen LogP contribution in [0.3, 0.4) is 0 Å². The molecule has 0 heterocycles. The molecule has 5 heteroatoms. The molecule has 1 aromatic carbocycles. The second-order valence-corrected chi connectivity index (χ2v) is 3.12. The minimum absolute atomic E-state index is 0.133. The second-order valence-electron chi connectivity index (χ2n) is 3.12. The summed E-state index contributed by atoms with van der Waals surface area (Å²) >= 11 is 0. The zero-order valence-corrected chi connectivity index (χ0v) is 8.75. The molecule has 3 nitrogen and oxygen atoms in total. The summed E-state index contributed by atoms with van der Waals surface area (Å²) in [6.45, 7) is 1.46. The summed E-state index contributed by atoms with van der Waals surface area (Å²) in [6.07, 6.45) is -2.79. The largest absolute Gasteiger partial charge is 0.465 e. The van der Waals surface area contributed by atoms with E-state index in [1.54, 1.807) is 6.07 Å². The second kappa shape index (κ2) is 4.71. The van der Waals surface area contributed by atoms with Crippen LogP contribution in [0.4, 0.5) is 8.78 Å². The van der Waals surface area contributed by atoms with Crippen LogP contribution in [0, 0.1) is 18.3 Å². The van der Waals surface area contributed by atoms with Crippen molar-refractivity contribution in [1.82, 2.24) is 0 Å². The standard InChI is InChI=1S/C11H9F2NO2/c1-6-3-4-7(11(15)16-2)8(5-14)9(6)10(12)13/h3-4,10H,1-2H3. The maximum absolute atomic E-state index is 12.7. The zero-order valence-electron chi connectivity index (χ0n) is 8.75. The smallest absolute Gasteiger partial charge is 0.339 e. The number of aryl methyl sites for hydroxylation is 1. The molecule has 0 aromatic heterocycles. The van der Waals surface area contributed by atoms with E-state index in [1.807, 2.05) is 0 Å². The van der Waals surface area contributed by atoms with Crippen LogP contribution in [0.2, 0.25) is 0 Å². The number of carbonyl (C=O) groups excluding carboxylic acids is 1. The van der Waals surface area contributed by atoms with Gasteiger partial charge in [-0.25, -0.2) is 13.6 Å². The van der Waals surface area contributed by atoms with Gasteiger partial charge < -0.3 is 4.74 Å². The van der Waals surface area contributed by atoms with Crippen LogP contribution < -0.4 is 0 Å². The summed E-state index contributed by atoms with van der Waals surface area (Å²) < 4.78 is 29.9. The number of methoxy groups -OCH3 is 1. The lowest BCUT2D eigenvalue weighted by molar-refractivity contribution is 0.0600. The highest BCUT2D eigenvalue weighted by Crippen LogP contribution is 2.28. The molecule has 0 fully saturated rings. The minimum Gasteiger partial charge on any atom is -0.465 e. The van der Waals surface area contributed by atoms with Crippen molar-refractivity contribution in [2.75, 3.05) is 7.11 Å². The predicted molar refractivity (Wildman–Crippen MR) is 52.2 cm³/mol. The molecule has 1 aromatic rings. The molecular weight excluding hydrogens is 216 g/mol. The Labute approximate surface area is 91.3 Å². The van der Waals surface area contributed by atoms with E-state index in [-0.39, 0.29) is 16.7 Å². The summed E-state index contributed by atoms with van der Waals surface area (Å²) in [6, 6.07) is 4.30. The van der Waals surface area contributed by atoms with Gasteiger partial charge in [0.1, 0.15) is 6.07 Å². The molecule has 16 heavy (non-hydrogen) atoms. The number of nitriles is 1. The summed E-state index contributed by atoms with van der Waals surface area (Å²) in [7, 11) is 1.13. The highest BCUT2D eigenvalue weighted by molar-refractivity contribution is 5.92. The number of benzene rings is 1. The van der Waals surface area contributed by atoms with Gasteiger partial charge in [-0.3, -0.25) is 0 Å². The third-order valence-corrected chi connectivity index (χ3v) is 2.20. The van der Waals surface area contributed by atoms with Gasteiger partial charge in [0.05, 0.1) is 18.2 Å². The number of ether oxygens (including phenoxy) is 1. The average molecular weight is 225 g/mol. The van der Waals surface area contributed by atoms with Gasteiger partial charge >= 0.3 is 5.97 Å². The molecule has 0 aliphatic heterocycles. The van der Waals surface area contributed by atoms with Gasteiger partial charge in [-0.1, -0.05) is 6.07 Å². The molecule has 0 atom stereocenters. The summed E-state index contributed by atoms with van der Waals surface area (Å²) in [5, 5.41) is 8.83. The maximum atomic E-state index is 12.7. The summed E-state index contributed by atoms with van der Waals surface area (Å²) in [5.74, 6) is -0.793. The number of rotatable bonds is 2. The van der Waals surface area contributed by atoms with E-state index >= 15 is 0 Å². The van der Waals surface area contributed by atoms with Crippen molar-refractivity contribution in [1.29, 1.82) is 5.26 Å². The monoisotopic (exact) mass is 225 g/mol. The minimum atomic E-state index is -2.79. The Bertz CT molecular complexity index is 464. The van der Waals surface area contributed by atoms with Crippen molar-refractivity contribution in [2.45, 2.75) is 13.3 Å². The molecule has 0 aliphatic rings. The van der Waals surface area contributed by atoms with Crippen LogP contribution in [0.1, 0.15) is 33.5 Å². The van der Waals surface area contributed by atoms with E-state index in [9.17, 15) is 13.6 Å². The van der Waals surface area contributed by atoms with Crippen molar-refractivity contribution in [3.63, 3.8) is 0 Å². The maximum Gasteiger partial charge on any atom is 0.339 e. The fraction of sp³-hybridized carbons (Fsp3) is 0.273. The molecule has 0 aliphatic carbocycles. The number of nitrogens with zero attached hydrogens (tertiary/aromatic N) is 1. The van der Waals surface area contributed by atoms with E-state index in [2.05, 4.69) is 4.74 Å². The molecule has 0 amide bonds. The first-order valence-electron chi connectivity index (χ1n) is 4.43. The quantitative estimate of drug-likeness (QED) is 0.727. The number of carbonyl (C=O) groups is 1. The van der Waals surface area contributed by atoms with Gasteiger partial charge in [-0.15, -0.1) is 0 Å². The number of alkyl halides is 2. The number of halogens is 2. The van der Waals surface area contributed by atoms with Crippen molar-refractivity contribution in [3.05, 3.63) is 34.4 Å². The first-order chi connectivity index (χ1) is 7.52. The molecular formula is C11H9F2NO2. The van der Waals surface area contributed by atoms with Gasteiger partial charge in [0.15, 0.2) is 0 Å². The summed E-state index contributed by atoms with van der Waals surface area (Å²) in [4.78, 5) is 11.3. The van der Waals surface area contributed by atoms with Gasteiger partial charge in [-0.05, 0) is 18.6 Å². The Hall–Kier alpha value is -1.96. The van der Waals surface area contributed by atoms with Crippen molar-refractivity contribution in [2.24, 2.45) is 0 Å². The Kier molecular flexibility index (Phi) is 3.56. The van der Waals surface area contributed by atoms with Crippen LogP contribution in [0.25, 0.3) is 0 Å². The van der Waals surface area contributed by atoms with Gasteiger partial charge in [0.25, 0.3) is 6.43 Å². The fourth-order valence-electron chi connectivity index (χ4n) is 1.41.